The van der Waals surface area contributed by atoms with E-state index in [2.05, 4.69) is 0 Å². The highest BCUT2D eigenvalue weighted by molar-refractivity contribution is 8.09. The molecule has 1 heterocycles. The third-order valence-electron chi connectivity index (χ3n) is 1.30. The number of fused-ring (bicyclic) bond motifs is 1. The lowest BCUT2D eigenvalue weighted by atomic mass is 10.3. The fourth-order valence-electron chi connectivity index (χ4n) is 0.894. The van der Waals surface area contributed by atoms with Crippen LogP contribution in [0.4, 0.5) is 0 Å². The van der Waals surface area contributed by atoms with E-state index in [0.29, 0.717) is 11.5 Å². The van der Waals surface area contributed by atoms with Crippen molar-refractivity contribution in [1.29, 1.82) is 0 Å². The molecule has 11 heavy (non-hydrogen) atoms. The van der Waals surface area contributed by atoms with Gasteiger partial charge in [-0.2, -0.15) is 0 Å². The highest BCUT2D eigenvalue weighted by Crippen LogP contribution is 2.52. The summed E-state index contributed by atoms with van der Waals surface area (Å²) in [6, 6.07) is 7.28. The van der Waals surface area contributed by atoms with Crippen molar-refractivity contribution >= 4 is 18.4 Å². The Kier molecular flexibility index (Phi) is 1.42. The van der Waals surface area contributed by atoms with Crippen molar-refractivity contribution in [3.63, 3.8) is 0 Å². The van der Waals surface area contributed by atoms with E-state index in [1.54, 1.807) is 12.1 Å². The van der Waals surface area contributed by atoms with Gasteiger partial charge in [0.15, 0.2) is 11.5 Å². The third-order valence-corrected chi connectivity index (χ3v) is 2.65. The van der Waals surface area contributed by atoms with Gasteiger partial charge < -0.3 is 9.05 Å². The average Bonchev–Trinajstić information content (AvgIpc) is 2.21. The van der Waals surface area contributed by atoms with E-state index in [1.807, 2.05) is 12.1 Å². The zero-order valence-electron chi connectivity index (χ0n) is 5.56. The zero-order chi connectivity index (χ0) is 7.90. The van der Waals surface area contributed by atoms with Gasteiger partial charge in [0.1, 0.15) is 0 Å². The molecule has 0 bridgehead atoms. The van der Waals surface area contributed by atoms with Crippen LogP contribution in [0.5, 0.6) is 11.5 Å². The number of benzene rings is 1. The molecule has 2 rings (SSSR count). The minimum atomic E-state index is -2.49. The molecule has 0 spiro atoms. The van der Waals surface area contributed by atoms with Crippen molar-refractivity contribution in [2.75, 3.05) is 0 Å². The maximum Gasteiger partial charge on any atom is 0.362 e. The number of para-hydroxylation sites is 2. The van der Waals surface area contributed by atoms with Gasteiger partial charge in [-0.05, 0) is 12.1 Å². The van der Waals surface area contributed by atoms with E-state index in [0.717, 1.165) is 0 Å². The van der Waals surface area contributed by atoms with Gasteiger partial charge in [0.05, 0.1) is 0 Å². The van der Waals surface area contributed by atoms with Crippen LogP contribution in [0.1, 0.15) is 0 Å². The summed E-state index contributed by atoms with van der Waals surface area (Å²) in [5, 5.41) is 0. The molecule has 1 aliphatic rings. The predicted octanol–water partition coefficient (Wildman–Crippen LogP) is 1.64. The molecule has 0 fully saturated rings. The first-order valence-corrected chi connectivity index (χ1v) is 5.75. The Balaban J connectivity index is 2.49. The first-order chi connectivity index (χ1) is 5.17. The molecule has 58 valence electrons. The van der Waals surface area contributed by atoms with Crippen molar-refractivity contribution in [2.45, 2.75) is 0 Å². The fraction of sp³-hybridized carbons (Fsp3) is 0. The Morgan fingerprint density at radius 2 is 1.64 bits per heavy atom. The first kappa shape index (κ1) is 7.10. The predicted molar refractivity (Wildman–Crippen MR) is 46.2 cm³/mol. The van der Waals surface area contributed by atoms with Crippen molar-refractivity contribution in [3.8, 4) is 11.5 Å². The van der Waals surface area contributed by atoms with Crippen LogP contribution in [0.15, 0.2) is 24.3 Å². The number of hydrogen-bond acceptors (Lipinski definition) is 3. The molecule has 0 saturated heterocycles. The molecular formula is C6H6NO2PS. The van der Waals surface area contributed by atoms with Gasteiger partial charge in [0, 0.05) is 11.8 Å². The second kappa shape index (κ2) is 2.21. The molecule has 0 unspecified atom stereocenters. The van der Waals surface area contributed by atoms with E-state index in [4.69, 9.17) is 26.4 Å². The molecule has 0 aliphatic carbocycles. The highest BCUT2D eigenvalue weighted by Gasteiger charge is 2.26. The van der Waals surface area contributed by atoms with Gasteiger partial charge >= 0.3 is 6.64 Å². The molecule has 0 saturated carbocycles. The molecule has 2 N–H and O–H groups in total. The zero-order valence-corrected chi connectivity index (χ0v) is 7.27. The molecule has 1 aromatic rings. The lowest BCUT2D eigenvalue weighted by Crippen LogP contribution is -2.00. The van der Waals surface area contributed by atoms with Crippen molar-refractivity contribution in [1.82, 2.24) is 0 Å². The molecule has 0 amide bonds. The quantitative estimate of drug-likeness (QED) is 0.627. The Hall–Kier alpha value is -0.570. The van der Waals surface area contributed by atoms with Gasteiger partial charge in [-0.3, -0.25) is 0 Å². The van der Waals surface area contributed by atoms with Crippen molar-refractivity contribution in [2.24, 2.45) is 5.50 Å². The van der Waals surface area contributed by atoms with Crippen molar-refractivity contribution in [3.05, 3.63) is 24.3 Å². The topological polar surface area (TPSA) is 44.5 Å². The Morgan fingerprint density at radius 3 is 2.09 bits per heavy atom. The second-order valence-corrected chi connectivity index (χ2v) is 5.14. The maximum atomic E-state index is 5.51. The number of nitrogens with two attached hydrogens (primary N) is 1. The number of rotatable bonds is 0. The van der Waals surface area contributed by atoms with Gasteiger partial charge in [-0.1, -0.05) is 12.1 Å². The molecule has 5 heteroatoms. The largest absolute Gasteiger partial charge is 0.421 e. The molecule has 0 aromatic heterocycles. The molecule has 0 radical (unpaired) electrons. The van der Waals surface area contributed by atoms with E-state index in [9.17, 15) is 0 Å². The van der Waals surface area contributed by atoms with Crippen LogP contribution in [0, 0.1) is 0 Å². The molecule has 3 nitrogen and oxygen atoms in total. The molecule has 1 aromatic carbocycles. The summed E-state index contributed by atoms with van der Waals surface area (Å²) in [5.74, 6) is 1.30. The van der Waals surface area contributed by atoms with Crippen LogP contribution in [-0.4, -0.2) is 0 Å². The van der Waals surface area contributed by atoms with Crippen LogP contribution in [0.25, 0.3) is 0 Å². The van der Waals surface area contributed by atoms with Crippen molar-refractivity contribution < 1.29 is 9.05 Å². The standard InChI is InChI=1S/C6H6NO2PS/c7-10(11)8-5-3-1-2-4-6(5)9-10/h1-4H,(H2,7,11). The Bertz CT molecular complexity index is 312. The summed E-state index contributed by atoms with van der Waals surface area (Å²) in [7, 11) is 0. The summed E-state index contributed by atoms with van der Waals surface area (Å²) >= 11 is 4.86. The monoisotopic (exact) mass is 187 g/mol. The minimum Gasteiger partial charge on any atom is -0.421 e. The summed E-state index contributed by atoms with van der Waals surface area (Å²) in [4.78, 5) is 0. The summed E-state index contributed by atoms with van der Waals surface area (Å²) in [6.07, 6.45) is 0. The van der Waals surface area contributed by atoms with E-state index in [1.165, 1.54) is 0 Å². The normalized spacial score (nSPS) is 18.3. The van der Waals surface area contributed by atoms with Gasteiger partial charge in [0.25, 0.3) is 0 Å². The van der Waals surface area contributed by atoms with Crippen LogP contribution >= 0.6 is 6.64 Å². The lowest BCUT2D eigenvalue weighted by Gasteiger charge is -2.04. The Morgan fingerprint density at radius 1 is 1.18 bits per heavy atom. The highest BCUT2D eigenvalue weighted by atomic mass is 32.5. The van der Waals surface area contributed by atoms with Gasteiger partial charge in [-0.15, -0.1) is 0 Å². The third kappa shape index (κ3) is 1.25. The fourth-order valence-corrected chi connectivity index (χ4v) is 2.26. The van der Waals surface area contributed by atoms with Crippen LogP contribution in [0.2, 0.25) is 0 Å². The van der Waals surface area contributed by atoms with E-state index in [-0.39, 0.29) is 0 Å². The van der Waals surface area contributed by atoms with Crippen LogP contribution in [-0.2, 0) is 11.8 Å². The first-order valence-electron chi connectivity index (χ1n) is 3.04. The maximum absolute atomic E-state index is 5.51. The second-order valence-electron chi connectivity index (χ2n) is 2.17. The summed E-state index contributed by atoms with van der Waals surface area (Å²) in [5.41, 5.74) is 5.51. The smallest absolute Gasteiger partial charge is 0.362 e. The van der Waals surface area contributed by atoms with Crippen LogP contribution < -0.4 is 14.6 Å². The molecular weight excluding hydrogens is 181 g/mol. The van der Waals surface area contributed by atoms with Crippen LogP contribution in [0.3, 0.4) is 0 Å². The summed E-state index contributed by atoms with van der Waals surface area (Å²) < 4.78 is 10.4. The molecule has 0 atom stereocenters. The van der Waals surface area contributed by atoms with Gasteiger partial charge in [0.2, 0.25) is 0 Å². The Labute approximate surface area is 69.3 Å². The number of hydrogen-bond donors (Lipinski definition) is 1. The van der Waals surface area contributed by atoms with E-state index >= 15 is 0 Å². The van der Waals surface area contributed by atoms with Gasteiger partial charge in [-0.25, -0.2) is 5.50 Å². The van der Waals surface area contributed by atoms with E-state index < -0.39 is 6.64 Å². The SMILES string of the molecule is NP1(=S)Oc2ccccc2O1. The summed E-state index contributed by atoms with van der Waals surface area (Å²) in [6.45, 7) is -2.49. The average molecular weight is 187 g/mol. The molecule has 1 aliphatic heterocycles. The minimum absolute atomic E-state index is 0.651. The lowest BCUT2D eigenvalue weighted by molar-refractivity contribution is 0.571.